The fourth-order valence-electron chi connectivity index (χ4n) is 3.24. The molecular formula is C21H22FN3O5S2. The molecule has 0 aliphatic rings. The maximum atomic E-state index is 14.5. The van der Waals surface area contributed by atoms with E-state index in [0.717, 1.165) is 10.4 Å². The highest BCUT2D eigenvalue weighted by atomic mass is 32.2. The van der Waals surface area contributed by atoms with Crippen molar-refractivity contribution in [3.05, 3.63) is 65.7 Å². The number of carbonyl (C=O) groups is 1. The zero-order valence-corrected chi connectivity index (χ0v) is 18.9. The van der Waals surface area contributed by atoms with Crippen molar-refractivity contribution in [1.29, 1.82) is 0 Å². The number of rotatable bonds is 10. The van der Waals surface area contributed by atoms with Crippen LogP contribution in [0.15, 0.2) is 48.8 Å². The monoisotopic (exact) mass is 479 g/mol. The SMILES string of the molecule is CCCS(=O)(=O)CCCN(c1ccc(F)c(C(=O)c2ccc3nccnc3c2)c1)S(=O)O. The van der Waals surface area contributed by atoms with Crippen LogP contribution in [-0.4, -0.2) is 51.0 Å². The largest absolute Gasteiger partial charge is 0.289 e. The molecule has 1 N–H and O–H groups in total. The Morgan fingerprint density at radius 3 is 2.50 bits per heavy atom. The van der Waals surface area contributed by atoms with Crippen molar-refractivity contribution in [3.8, 4) is 0 Å². The van der Waals surface area contributed by atoms with E-state index in [9.17, 15) is 26.4 Å². The zero-order chi connectivity index (χ0) is 23.3. The van der Waals surface area contributed by atoms with Gasteiger partial charge in [0, 0.05) is 30.3 Å². The van der Waals surface area contributed by atoms with Crippen LogP contribution in [0.1, 0.15) is 35.7 Å². The number of carbonyl (C=O) groups excluding carboxylic acids is 1. The van der Waals surface area contributed by atoms with E-state index in [4.69, 9.17) is 0 Å². The molecule has 3 aromatic rings. The van der Waals surface area contributed by atoms with Gasteiger partial charge >= 0.3 is 0 Å². The number of sulfone groups is 1. The Labute approximate surface area is 187 Å². The number of hydrogen-bond donors (Lipinski definition) is 1. The minimum atomic E-state index is -3.25. The molecule has 0 fully saturated rings. The predicted octanol–water partition coefficient (Wildman–Crippen LogP) is 3.16. The van der Waals surface area contributed by atoms with E-state index >= 15 is 0 Å². The first-order valence-electron chi connectivity index (χ1n) is 9.86. The van der Waals surface area contributed by atoms with Gasteiger partial charge in [0.2, 0.25) is 0 Å². The van der Waals surface area contributed by atoms with Gasteiger partial charge in [-0.25, -0.2) is 17.0 Å². The maximum Gasteiger partial charge on any atom is 0.261 e. The van der Waals surface area contributed by atoms with Crippen LogP contribution >= 0.6 is 0 Å². The van der Waals surface area contributed by atoms with E-state index < -0.39 is 32.7 Å². The second-order valence-corrected chi connectivity index (χ2v) is 10.3. The molecule has 0 aliphatic carbocycles. The fraction of sp³-hybridized carbons (Fsp3) is 0.286. The molecule has 0 spiro atoms. The van der Waals surface area contributed by atoms with Gasteiger partial charge < -0.3 is 0 Å². The molecule has 0 amide bonds. The third kappa shape index (κ3) is 5.72. The molecule has 170 valence electrons. The predicted molar refractivity (Wildman–Crippen MR) is 121 cm³/mol. The number of halogens is 1. The van der Waals surface area contributed by atoms with Crippen LogP contribution in [-0.2, 0) is 21.1 Å². The lowest BCUT2D eigenvalue weighted by Crippen LogP contribution is -2.28. The zero-order valence-electron chi connectivity index (χ0n) is 17.3. The fourth-order valence-corrected chi connectivity index (χ4v) is 5.22. The molecule has 32 heavy (non-hydrogen) atoms. The third-order valence-corrected chi connectivity index (χ3v) is 7.45. The molecule has 8 nitrogen and oxygen atoms in total. The summed E-state index contributed by atoms with van der Waals surface area (Å²) in [7, 11) is -3.25. The van der Waals surface area contributed by atoms with Crippen LogP contribution in [0.5, 0.6) is 0 Å². The first-order chi connectivity index (χ1) is 15.2. The normalized spacial score (nSPS) is 12.6. The minimum absolute atomic E-state index is 0.0422. The lowest BCUT2D eigenvalue weighted by atomic mass is 10.0. The summed E-state index contributed by atoms with van der Waals surface area (Å²) in [5.41, 5.74) is 1.10. The van der Waals surface area contributed by atoms with Crippen molar-refractivity contribution in [2.45, 2.75) is 19.8 Å². The number of ketones is 1. The molecule has 1 aromatic heterocycles. The summed E-state index contributed by atoms with van der Waals surface area (Å²) in [5.74, 6) is -1.50. The molecule has 0 saturated carbocycles. The maximum absolute atomic E-state index is 14.5. The lowest BCUT2D eigenvalue weighted by Gasteiger charge is -2.20. The first kappa shape index (κ1) is 23.9. The van der Waals surface area contributed by atoms with Crippen LogP contribution in [0.2, 0.25) is 0 Å². The number of aromatic nitrogens is 2. The summed E-state index contributed by atoms with van der Waals surface area (Å²) < 4.78 is 60.8. The quantitative estimate of drug-likeness (QED) is 0.351. The van der Waals surface area contributed by atoms with Gasteiger partial charge in [-0.05, 0) is 49.2 Å². The van der Waals surface area contributed by atoms with E-state index in [1.807, 2.05) is 0 Å². The van der Waals surface area contributed by atoms with Gasteiger partial charge in [0.25, 0.3) is 11.3 Å². The molecular weight excluding hydrogens is 457 g/mol. The number of fused-ring (bicyclic) bond motifs is 1. The Balaban J connectivity index is 1.86. The van der Waals surface area contributed by atoms with Crippen LogP contribution < -0.4 is 4.31 Å². The van der Waals surface area contributed by atoms with E-state index in [0.29, 0.717) is 17.5 Å². The molecule has 1 heterocycles. The molecule has 0 radical (unpaired) electrons. The van der Waals surface area contributed by atoms with Crippen molar-refractivity contribution < 1.29 is 26.4 Å². The van der Waals surface area contributed by atoms with Crippen molar-refractivity contribution in [2.75, 3.05) is 22.4 Å². The van der Waals surface area contributed by atoms with Crippen molar-refractivity contribution in [2.24, 2.45) is 0 Å². The number of hydrogen-bond acceptors (Lipinski definition) is 6. The van der Waals surface area contributed by atoms with Crippen molar-refractivity contribution in [1.82, 2.24) is 9.97 Å². The summed E-state index contributed by atoms with van der Waals surface area (Å²) in [6.45, 7) is 1.70. The highest BCUT2D eigenvalue weighted by Gasteiger charge is 2.20. The second kappa shape index (κ2) is 10.2. The van der Waals surface area contributed by atoms with Crippen molar-refractivity contribution in [3.63, 3.8) is 0 Å². The van der Waals surface area contributed by atoms with Gasteiger partial charge in [0.1, 0.15) is 15.7 Å². The second-order valence-electron chi connectivity index (χ2n) is 7.09. The molecule has 3 rings (SSSR count). The molecule has 1 unspecified atom stereocenters. The van der Waals surface area contributed by atoms with E-state index in [1.54, 1.807) is 13.0 Å². The van der Waals surface area contributed by atoms with Gasteiger partial charge in [-0.1, -0.05) is 6.92 Å². The van der Waals surface area contributed by atoms with E-state index in [1.165, 1.54) is 36.7 Å². The first-order valence-corrected chi connectivity index (χ1v) is 12.7. The summed E-state index contributed by atoms with van der Waals surface area (Å²) >= 11 is -2.49. The Morgan fingerprint density at radius 2 is 1.81 bits per heavy atom. The van der Waals surface area contributed by atoms with Gasteiger partial charge in [-0.3, -0.25) is 23.6 Å². The van der Waals surface area contributed by atoms with Gasteiger partial charge in [0.15, 0.2) is 5.78 Å². The summed E-state index contributed by atoms with van der Waals surface area (Å²) in [5, 5.41) is 0. The van der Waals surface area contributed by atoms with Crippen LogP contribution in [0.25, 0.3) is 11.0 Å². The summed E-state index contributed by atoms with van der Waals surface area (Å²) in [6, 6.07) is 8.10. The highest BCUT2D eigenvalue weighted by molar-refractivity contribution is 7.91. The average Bonchev–Trinajstić information content (AvgIpc) is 2.76. The van der Waals surface area contributed by atoms with E-state index in [2.05, 4.69) is 9.97 Å². The van der Waals surface area contributed by atoms with E-state index in [-0.39, 0.29) is 41.3 Å². The topological polar surface area (TPSA) is 118 Å². The van der Waals surface area contributed by atoms with Crippen LogP contribution in [0.4, 0.5) is 10.1 Å². The average molecular weight is 480 g/mol. The van der Waals surface area contributed by atoms with Crippen LogP contribution in [0, 0.1) is 5.82 Å². The molecule has 2 aromatic carbocycles. The number of nitrogens with zero attached hydrogens (tertiary/aromatic N) is 3. The summed E-state index contributed by atoms with van der Waals surface area (Å²) in [4.78, 5) is 21.2. The number of benzene rings is 2. The minimum Gasteiger partial charge on any atom is -0.289 e. The number of anilines is 1. The summed E-state index contributed by atoms with van der Waals surface area (Å²) in [6.07, 6.45) is 3.59. The Morgan fingerprint density at radius 1 is 1.09 bits per heavy atom. The van der Waals surface area contributed by atoms with Gasteiger partial charge in [-0.2, -0.15) is 0 Å². The van der Waals surface area contributed by atoms with Crippen molar-refractivity contribution >= 4 is 43.6 Å². The van der Waals surface area contributed by atoms with Gasteiger partial charge in [-0.15, -0.1) is 0 Å². The molecule has 0 aliphatic heterocycles. The molecule has 0 bridgehead atoms. The highest BCUT2D eigenvalue weighted by Crippen LogP contribution is 2.24. The lowest BCUT2D eigenvalue weighted by molar-refractivity contribution is 0.103. The molecule has 11 heteroatoms. The van der Waals surface area contributed by atoms with Crippen LogP contribution in [0.3, 0.4) is 0 Å². The third-order valence-electron chi connectivity index (χ3n) is 4.73. The molecule has 0 saturated heterocycles. The van der Waals surface area contributed by atoms with Gasteiger partial charge in [0.05, 0.1) is 28.0 Å². The Kier molecular flexibility index (Phi) is 7.64. The Bertz CT molecular complexity index is 1270. The Hall–Kier alpha value is -2.76. The standard InChI is InChI=1S/C21H22FN3O5S2/c1-2-11-32(29,30)12-3-10-25(31(27)28)16-5-6-18(22)17(14-16)21(26)15-4-7-19-20(13-15)24-9-8-23-19/h4-9,13-14H,2-3,10-12H2,1H3,(H,27,28). The smallest absolute Gasteiger partial charge is 0.261 e. The molecule has 1 atom stereocenters.